The lowest BCUT2D eigenvalue weighted by atomic mass is 9.97. The van der Waals surface area contributed by atoms with Crippen LogP contribution in [0.5, 0.6) is 0 Å². The van der Waals surface area contributed by atoms with E-state index < -0.39 is 121 Å². The Kier molecular flexibility index (Phi) is 18.9. The second kappa shape index (κ2) is 20.8. The normalized spacial score (nSPS) is 16.7. The van der Waals surface area contributed by atoms with Crippen molar-refractivity contribution in [3.63, 3.8) is 0 Å². The molecule has 48 heavy (non-hydrogen) atoms. The van der Waals surface area contributed by atoms with E-state index in [0.29, 0.717) is 6.42 Å². The Morgan fingerprint density at radius 3 is 1.56 bits per heavy atom. The summed E-state index contributed by atoms with van der Waals surface area (Å²) in [6.45, 7) is 7.08. The van der Waals surface area contributed by atoms with Gasteiger partial charge in [-0.1, -0.05) is 34.1 Å². The van der Waals surface area contributed by atoms with Crippen molar-refractivity contribution in [3.8, 4) is 0 Å². The van der Waals surface area contributed by atoms with Crippen molar-refractivity contribution in [1.82, 2.24) is 31.9 Å². The van der Waals surface area contributed by atoms with Gasteiger partial charge in [0.15, 0.2) is 0 Å². The van der Waals surface area contributed by atoms with Gasteiger partial charge < -0.3 is 63.2 Å². The summed E-state index contributed by atoms with van der Waals surface area (Å²) < 4.78 is 0. The van der Waals surface area contributed by atoms with Crippen LogP contribution in [0.4, 0.5) is 0 Å². The number of carboxylic acid groups (broad SMARTS) is 2. The predicted octanol–water partition coefficient (Wildman–Crippen LogP) is -5.13. The van der Waals surface area contributed by atoms with E-state index in [2.05, 4.69) is 26.6 Å². The summed E-state index contributed by atoms with van der Waals surface area (Å²) >= 11 is 0. The first-order chi connectivity index (χ1) is 22.2. The second-order valence-electron chi connectivity index (χ2n) is 11.6. The number of rotatable bonds is 21. The number of hydrogen-bond donors (Lipinski definition) is 12. The number of carbonyl (C=O) groups excluding carboxylic acids is 6. The summed E-state index contributed by atoms with van der Waals surface area (Å²) in [6.07, 6.45) is -3.55. The number of carbonyl (C=O) groups is 8. The summed E-state index contributed by atoms with van der Waals surface area (Å²) in [6, 6.07) is -9.18. The molecule has 0 fully saturated rings. The first-order valence-electron chi connectivity index (χ1n) is 15.1. The van der Waals surface area contributed by atoms with Gasteiger partial charge in [-0.05, 0) is 25.7 Å². The summed E-state index contributed by atoms with van der Waals surface area (Å²) in [5.41, 5.74) is 5.94. The Hall–Kier alpha value is -4.40. The van der Waals surface area contributed by atoms with Crippen LogP contribution in [0.2, 0.25) is 0 Å². The lowest BCUT2D eigenvalue weighted by Gasteiger charge is -2.28. The summed E-state index contributed by atoms with van der Waals surface area (Å²) in [5, 5.41) is 60.4. The van der Waals surface area contributed by atoms with Gasteiger partial charge in [0.2, 0.25) is 35.4 Å². The van der Waals surface area contributed by atoms with Crippen molar-refractivity contribution in [2.45, 2.75) is 103 Å². The summed E-state index contributed by atoms with van der Waals surface area (Å²) in [7, 11) is 0. The number of hydrogen-bond acceptors (Lipinski definition) is 12. The molecule has 9 atom stereocenters. The number of aliphatic carboxylic acids is 2. The van der Waals surface area contributed by atoms with Crippen LogP contribution in [0.1, 0.15) is 54.4 Å². The zero-order valence-corrected chi connectivity index (χ0v) is 27.7. The molecule has 0 aromatic carbocycles. The van der Waals surface area contributed by atoms with Gasteiger partial charge in [0, 0.05) is 0 Å². The van der Waals surface area contributed by atoms with Gasteiger partial charge in [0.05, 0.1) is 37.8 Å². The minimum absolute atomic E-state index is 0.219. The van der Waals surface area contributed by atoms with E-state index in [1.807, 2.05) is 12.2 Å². The molecule has 13 N–H and O–H groups in total. The van der Waals surface area contributed by atoms with Crippen molar-refractivity contribution < 1.29 is 63.9 Å². The van der Waals surface area contributed by atoms with E-state index in [0.717, 1.165) is 13.8 Å². The summed E-state index contributed by atoms with van der Waals surface area (Å²) in [4.78, 5) is 99.0. The maximum absolute atomic E-state index is 13.1. The maximum Gasteiger partial charge on any atom is 0.328 e. The van der Waals surface area contributed by atoms with Crippen LogP contribution in [-0.4, -0.2) is 135 Å². The third-order valence-corrected chi connectivity index (χ3v) is 7.18. The number of nitrogens with one attached hydrogen (secondary N) is 6. The molecular weight excluding hydrogens is 642 g/mol. The molecule has 0 radical (unpaired) electrons. The molecule has 0 heterocycles. The highest BCUT2D eigenvalue weighted by Gasteiger charge is 2.35. The Labute approximate surface area is 276 Å². The average Bonchev–Trinajstić information content (AvgIpc) is 2.99. The molecule has 274 valence electrons. The molecule has 0 aromatic rings. The lowest BCUT2D eigenvalue weighted by Crippen LogP contribution is -2.61. The minimum Gasteiger partial charge on any atom is -0.481 e. The average molecular weight is 692 g/mol. The number of aliphatic hydroxyl groups is 3. The van der Waals surface area contributed by atoms with Gasteiger partial charge in [-0.25, -0.2) is 4.79 Å². The van der Waals surface area contributed by atoms with Crippen LogP contribution in [0.3, 0.4) is 0 Å². The number of carboxylic acids is 2. The highest BCUT2D eigenvalue weighted by atomic mass is 16.4. The first kappa shape index (κ1) is 43.6. The third kappa shape index (κ3) is 14.6. The lowest BCUT2D eigenvalue weighted by molar-refractivity contribution is -0.144. The molecule has 0 rings (SSSR count). The van der Waals surface area contributed by atoms with Crippen LogP contribution in [0.25, 0.3) is 0 Å². The van der Waals surface area contributed by atoms with Crippen LogP contribution < -0.4 is 37.6 Å². The number of amides is 6. The fraction of sp³-hybridized carbons (Fsp3) is 0.714. The highest BCUT2D eigenvalue weighted by molar-refractivity contribution is 5.97. The molecule has 0 aliphatic carbocycles. The largest absolute Gasteiger partial charge is 0.481 e. The standard InChI is InChI=1S/C28H49N7O13/c1-7-12(4)19(29)24(43)34-20(11(2)3)26(45)31-15(8-18(40)41)23(42)35-21(13(5)37)25(44)30-9-17(39)33-22(14(6)38)27(46)32-16(10-36)28(47)48/h11-16,19-22,36-38H,7-10,29H2,1-6H3,(H,30,44)(H,31,45)(H,32,46)(H,33,39)(H,34,43)(H,35,42)(H,40,41)(H,47,48)/t12-,13+,14+,15-,16-,19-,20-,21-,22-/m0/s1. The zero-order valence-electron chi connectivity index (χ0n) is 27.7. The van der Waals surface area contributed by atoms with Crippen molar-refractivity contribution in [2.24, 2.45) is 17.6 Å². The van der Waals surface area contributed by atoms with Crippen molar-refractivity contribution >= 4 is 47.4 Å². The van der Waals surface area contributed by atoms with E-state index in [1.165, 1.54) is 0 Å². The highest BCUT2D eigenvalue weighted by Crippen LogP contribution is 2.09. The van der Waals surface area contributed by atoms with E-state index >= 15 is 0 Å². The molecule has 0 unspecified atom stereocenters. The van der Waals surface area contributed by atoms with E-state index in [-0.39, 0.29) is 5.92 Å². The predicted molar refractivity (Wildman–Crippen MR) is 165 cm³/mol. The molecule has 0 aromatic heterocycles. The quantitative estimate of drug-likeness (QED) is 0.0536. The van der Waals surface area contributed by atoms with E-state index in [1.54, 1.807) is 20.8 Å². The molecule has 0 saturated heterocycles. The fourth-order valence-corrected chi connectivity index (χ4v) is 3.96. The van der Waals surface area contributed by atoms with Crippen molar-refractivity contribution in [2.75, 3.05) is 13.2 Å². The molecule has 20 heteroatoms. The second-order valence-corrected chi connectivity index (χ2v) is 11.6. The Morgan fingerprint density at radius 2 is 1.12 bits per heavy atom. The molecular formula is C28H49N7O13. The fourth-order valence-electron chi connectivity index (χ4n) is 3.96. The van der Waals surface area contributed by atoms with Gasteiger partial charge in [-0.15, -0.1) is 0 Å². The number of nitrogens with two attached hydrogens (primary N) is 1. The van der Waals surface area contributed by atoms with Crippen molar-refractivity contribution in [3.05, 3.63) is 0 Å². The van der Waals surface area contributed by atoms with Crippen LogP contribution >= 0.6 is 0 Å². The Bertz CT molecular complexity index is 1160. The number of aliphatic hydroxyl groups excluding tert-OH is 3. The van der Waals surface area contributed by atoms with E-state index in [9.17, 15) is 53.7 Å². The smallest absolute Gasteiger partial charge is 0.328 e. The Balaban J connectivity index is 5.67. The molecule has 0 spiro atoms. The molecule has 0 saturated carbocycles. The maximum atomic E-state index is 13.1. The topological polar surface area (TPSA) is 336 Å². The van der Waals surface area contributed by atoms with Crippen LogP contribution in [-0.2, 0) is 38.4 Å². The molecule has 20 nitrogen and oxygen atoms in total. The minimum atomic E-state index is -1.79. The molecule has 0 aliphatic rings. The first-order valence-corrected chi connectivity index (χ1v) is 15.1. The Morgan fingerprint density at radius 1 is 0.646 bits per heavy atom. The van der Waals surface area contributed by atoms with Gasteiger partial charge in [0.25, 0.3) is 0 Å². The summed E-state index contributed by atoms with van der Waals surface area (Å²) in [5.74, 6) is -9.98. The van der Waals surface area contributed by atoms with Gasteiger partial charge in [-0.3, -0.25) is 33.6 Å². The molecule has 0 bridgehead atoms. The van der Waals surface area contributed by atoms with Gasteiger partial charge in [0.1, 0.15) is 30.2 Å². The van der Waals surface area contributed by atoms with Crippen LogP contribution in [0, 0.1) is 11.8 Å². The third-order valence-electron chi connectivity index (χ3n) is 7.18. The zero-order chi connectivity index (χ0) is 37.5. The molecule has 0 aliphatic heterocycles. The molecule has 6 amide bonds. The monoisotopic (exact) mass is 691 g/mol. The van der Waals surface area contributed by atoms with Crippen LogP contribution in [0.15, 0.2) is 0 Å². The van der Waals surface area contributed by atoms with Gasteiger partial charge in [-0.2, -0.15) is 0 Å². The van der Waals surface area contributed by atoms with Crippen molar-refractivity contribution in [1.29, 1.82) is 0 Å². The SMILES string of the molecule is CC[C@H](C)[C@H](N)C(=O)N[C@H](C(=O)N[C@@H](CC(=O)O)C(=O)N[C@H](C(=O)NCC(=O)N[C@H](C(=O)N[C@@H](CO)C(=O)O)[C@@H](C)O)[C@@H](C)O)C(C)C. The van der Waals surface area contributed by atoms with Gasteiger partial charge >= 0.3 is 11.9 Å². The van der Waals surface area contributed by atoms with E-state index in [4.69, 9.17) is 15.9 Å².